The minimum absolute atomic E-state index is 0.00462. The Balaban J connectivity index is 3.10. The summed E-state index contributed by atoms with van der Waals surface area (Å²) < 4.78 is 6.52. The van der Waals surface area contributed by atoms with Crippen molar-refractivity contribution in [3.63, 3.8) is 0 Å². The van der Waals surface area contributed by atoms with Crippen LogP contribution in [0.3, 0.4) is 0 Å². The van der Waals surface area contributed by atoms with Gasteiger partial charge in [-0.15, -0.1) is 0 Å². The van der Waals surface area contributed by atoms with Gasteiger partial charge in [-0.1, -0.05) is 48.0 Å². The molecule has 0 aliphatic heterocycles. The van der Waals surface area contributed by atoms with E-state index < -0.39 is 14.4 Å². The average Bonchev–Trinajstić information content (AvgIpc) is 2.67. The lowest BCUT2D eigenvalue weighted by Gasteiger charge is -2.43. The van der Waals surface area contributed by atoms with Gasteiger partial charge in [0.1, 0.15) is 11.9 Å². The van der Waals surface area contributed by atoms with Crippen LogP contribution < -0.4 is 0 Å². The summed E-state index contributed by atoms with van der Waals surface area (Å²) in [7, 11) is -2.07. The second kappa shape index (κ2) is 7.03. The van der Waals surface area contributed by atoms with Crippen molar-refractivity contribution >= 4 is 19.9 Å². The van der Waals surface area contributed by atoms with Crippen LogP contribution >= 0.6 is 0 Å². The smallest absolute Gasteiger partial charge is 0.193 e. The first-order chi connectivity index (χ1) is 10.6. The highest BCUT2D eigenvalue weighted by molar-refractivity contribution is 6.74. The summed E-state index contributed by atoms with van der Waals surface area (Å²) in [6.45, 7) is 19.0. The van der Waals surface area contributed by atoms with Gasteiger partial charge in [0, 0.05) is 11.8 Å². The van der Waals surface area contributed by atoms with Gasteiger partial charge in [0.15, 0.2) is 14.1 Å². The Labute approximate surface area is 150 Å². The van der Waals surface area contributed by atoms with Gasteiger partial charge in [-0.3, -0.25) is 4.79 Å². The van der Waals surface area contributed by atoms with Crippen molar-refractivity contribution in [2.75, 3.05) is 0 Å². The van der Waals surface area contributed by atoms with Crippen LogP contribution in [-0.2, 0) is 14.0 Å². The van der Waals surface area contributed by atoms with E-state index in [9.17, 15) is 9.59 Å². The molecule has 2 unspecified atom stereocenters. The molecule has 0 amide bonds. The topological polar surface area (TPSA) is 43.4 Å². The molecule has 0 spiro atoms. The highest BCUT2D eigenvalue weighted by Crippen LogP contribution is 2.54. The zero-order valence-electron chi connectivity index (χ0n) is 17.3. The number of carbonyl (C=O) groups is 2. The van der Waals surface area contributed by atoms with E-state index in [0.717, 1.165) is 19.3 Å². The maximum absolute atomic E-state index is 13.5. The van der Waals surface area contributed by atoms with Crippen molar-refractivity contribution in [2.45, 2.75) is 105 Å². The average molecular weight is 355 g/mol. The SMILES string of the molecule is CC(=O)CCC(O[Si](C)(C)C(C)(C)C)C(=O)C1(C)CCCC1(C)C. The molecule has 24 heavy (non-hydrogen) atoms. The summed E-state index contributed by atoms with van der Waals surface area (Å²) in [6.07, 6.45) is 3.59. The fourth-order valence-electron chi connectivity index (χ4n) is 3.42. The van der Waals surface area contributed by atoms with Crippen LogP contribution in [0.25, 0.3) is 0 Å². The molecule has 1 aliphatic rings. The highest BCUT2D eigenvalue weighted by atomic mass is 28.4. The van der Waals surface area contributed by atoms with E-state index in [1.165, 1.54) is 0 Å². The van der Waals surface area contributed by atoms with Gasteiger partial charge in [-0.2, -0.15) is 0 Å². The van der Waals surface area contributed by atoms with E-state index in [0.29, 0.717) is 12.8 Å². The van der Waals surface area contributed by atoms with E-state index >= 15 is 0 Å². The summed E-state index contributed by atoms with van der Waals surface area (Å²) in [4.78, 5) is 25.0. The maximum atomic E-state index is 13.5. The molecule has 1 rings (SSSR count). The van der Waals surface area contributed by atoms with Crippen molar-refractivity contribution in [1.29, 1.82) is 0 Å². The van der Waals surface area contributed by atoms with Crippen LogP contribution in [-0.4, -0.2) is 26.0 Å². The molecule has 0 aromatic rings. The third-order valence-electron chi connectivity index (χ3n) is 6.81. The van der Waals surface area contributed by atoms with Crippen LogP contribution in [0.1, 0.15) is 80.6 Å². The Kier molecular flexibility index (Phi) is 6.31. The Bertz CT molecular complexity index is 488. The van der Waals surface area contributed by atoms with Crippen LogP contribution in [0.4, 0.5) is 0 Å². The lowest BCUT2D eigenvalue weighted by Crippen LogP contribution is -2.51. The van der Waals surface area contributed by atoms with Crippen molar-refractivity contribution in [1.82, 2.24) is 0 Å². The van der Waals surface area contributed by atoms with Crippen molar-refractivity contribution < 1.29 is 14.0 Å². The lowest BCUT2D eigenvalue weighted by atomic mass is 9.65. The van der Waals surface area contributed by atoms with Crippen LogP contribution in [0.5, 0.6) is 0 Å². The molecule has 0 N–H and O–H groups in total. The molecular formula is C20H38O3Si. The van der Waals surface area contributed by atoms with Gasteiger partial charge in [0.25, 0.3) is 0 Å². The number of rotatable bonds is 7. The molecule has 0 bridgehead atoms. The van der Waals surface area contributed by atoms with Crippen molar-refractivity contribution in [3.05, 3.63) is 0 Å². The van der Waals surface area contributed by atoms with Gasteiger partial charge < -0.3 is 9.22 Å². The molecule has 0 heterocycles. The van der Waals surface area contributed by atoms with Gasteiger partial charge in [0.2, 0.25) is 0 Å². The number of Topliss-reactive ketones (excluding diaryl/α,β-unsaturated/α-hetero) is 2. The first-order valence-electron chi connectivity index (χ1n) is 9.36. The minimum Gasteiger partial charge on any atom is -0.407 e. The zero-order valence-corrected chi connectivity index (χ0v) is 18.3. The first-order valence-corrected chi connectivity index (χ1v) is 12.3. The fourth-order valence-corrected chi connectivity index (χ4v) is 4.71. The van der Waals surface area contributed by atoms with Gasteiger partial charge >= 0.3 is 0 Å². The molecule has 1 saturated carbocycles. The second-order valence-electron chi connectivity index (χ2n) is 10.0. The molecule has 0 aromatic carbocycles. The Morgan fingerprint density at radius 2 is 1.67 bits per heavy atom. The maximum Gasteiger partial charge on any atom is 0.193 e. The standard InChI is InChI=1S/C20H38O3Si/c1-15(21)11-12-16(23-24(8,9)18(2,3)4)17(22)20(7)14-10-13-19(20,5)6/h16H,10-14H2,1-9H3. The second-order valence-corrected chi connectivity index (χ2v) is 14.8. The molecule has 2 atom stereocenters. The molecule has 1 aliphatic carbocycles. The van der Waals surface area contributed by atoms with E-state index in [4.69, 9.17) is 4.43 Å². The van der Waals surface area contributed by atoms with Gasteiger partial charge in [-0.25, -0.2) is 0 Å². The summed E-state index contributed by atoms with van der Waals surface area (Å²) >= 11 is 0. The molecule has 0 saturated heterocycles. The van der Waals surface area contributed by atoms with Gasteiger partial charge in [0.05, 0.1) is 0 Å². The summed E-state index contributed by atoms with van der Waals surface area (Å²) in [5.41, 5.74) is -0.355. The molecule has 0 aromatic heterocycles. The van der Waals surface area contributed by atoms with Crippen molar-refractivity contribution in [2.24, 2.45) is 10.8 Å². The number of carbonyl (C=O) groups excluding carboxylic acids is 2. The van der Waals surface area contributed by atoms with E-state index in [-0.39, 0.29) is 27.4 Å². The molecular weight excluding hydrogens is 316 g/mol. The predicted molar refractivity (Wildman–Crippen MR) is 103 cm³/mol. The summed E-state index contributed by atoms with van der Waals surface area (Å²) in [5.74, 6) is 0.346. The molecule has 4 heteroatoms. The summed E-state index contributed by atoms with van der Waals surface area (Å²) in [6, 6.07) is 0. The summed E-state index contributed by atoms with van der Waals surface area (Å²) in [5, 5.41) is 0.0495. The largest absolute Gasteiger partial charge is 0.407 e. The van der Waals surface area contributed by atoms with Crippen LogP contribution in [0, 0.1) is 10.8 Å². The quantitative estimate of drug-likeness (QED) is 0.564. The fraction of sp³-hybridized carbons (Fsp3) is 0.900. The number of ketones is 2. The Hall–Kier alpha value is -0.483. The molecule has 140 valence electrons. The van der Waals surface area contributed by atoms with Crippen molar-refractivity contribution in [3.8, 4) is 0 Å². The van der Waals surface area contributed by atoms with E-state index in [2.05, 4.69) is 54.6 Å². The predicted octanol–water partition coefficient (Wildman–Crippen LogP) is 5.53. The van der Waals surface area contributed by atoms with Gasteiger partial charge in [-0.05, 0) is 49.7 Å². The molecule has 3 nitrogen and oxygen atoms in total. The first kappa shape index (κ1) is 21.6. The Morgan fingerprint density at radius 3 is 2.04 bits per heavy atom. The van der Waals surface area contributed by atoms with Crippen LogP contribution in [0.2, 0.25) is 18.1 Å². The molecule has 1 fully saturated rings. The van der Waals surface area contributed by atoms with E-state index in [1.54, 1.807) is 6.92 Å². The third-order valence-corrected chi connectivity index (χ3v) is 11.3. The third kappa shape index (κ3) is 4.37. The monoisotopic (exact) mass is 354 g/mol. The number of hydrogen-bond donors (Lipinski definition) is 0. The lowest BCUT2D eigenvalue weighted by molar-refractivity contribution is -0.141. The van der Waals surface area contributed by atoms with Crippen LogP contribution in [0.15, 0.2) is 0 Å². The van der Waals surface area contributed by atoms with E-state index in [1.807, 2.05) is 0 Å². The molecule has 0 radical (unpaired) electrons. The number of hydrogen-bond acceptors (Lipinski definition) is 3. The zero-order chi connectivity index (χ0) is 19.0. The highest BCUT2D eigenvalue weighted by Gasteiger charge is 2.53. The normalized spacial score (nSPS) is 25.5. The minimum atomic E-state index is -2.07. The Morgan fingerprint density at radius 1 is 1.12 bits per heavy atom.